The Morgan fingerprint density at radius 3 is 2.15 bits per heavy atom. The van der Waals surface area contributed by atoms with E-state index in [-0.39, 0.29) is 0 Å². The van der Waals surface area contributed by atoms with Gasteiger partial charge in [0.25, 0.3) is 0 Å². The summed E-state index contributed by atoms with van der Waals surface area (Å²) >= 11 is 0. The molecule has 0 spiro atoms. The minimum Gasteiger partial charge on any atom is -0.327 e. The van der Waals surface area contributed by atoms with Gasteiger partial charge in [-0.25, -0.2) is 0 Å². The second-order valence-corrected chi connectivity index (χ2v) is 4.79. The second kappa shape index (κ2) is 5.62. The van der Waals surface area contributed by atoms with Crippen molar-refractivity contribution >= 4 is 6.20 Å². The third-order valence-corrected chi connectivity index (χ3v) is 3.52. The molecule has 20 heavy (non-hydrogen) atoms. The van der Waals surface area contributed by atoms with Crippen molar-refractivity contribution in [1.82, 2.24) is 4.57 Å². The lowest BCUT2D eigenvalue weighted by Gasteiger charge is -2.09. The predicted molar refractivity (Wildman–Crippen MR) is 85.5 cm³/mol. The van der Waals surface area contributed by atoms with Crippen molar-refractivity contribution in [1.29, 1.82) is 0 Å². The SMILES string of the molecule is C=Cn1ccc(-c2ccccc2)c1Cc1ccccc1. The van der Waals surface area contributed by atoms with Crippen molar-refractivity contribution < 1.29 is 0 Å². The summed E-state index contributed by atoms with van der Waals surface area (Å²) in [4.78, 5) is 0. The smallest absolute Gasteiger partial charge is 0.0342 e. The number of hydrogen-bond acceptors (Lipinski definition) is 0. The average Bonchev–Trinajstić information content (AvgIpc) is 2.92. The molecular weight excluding hydrogens is 242 g/mol. The fraction of sp³-hybridized carbons (Fsp3) is 0.0526. The van der Waals surface area contributed by atoms with Crippen LogP contribution in [0.4, 0.5) is 0 Å². The minimum absolute atomic E-state index is 0.907. The molecule has 0 radical (unpaired) electrons. The van der Waals surface area contributed by atoms with Gasteiger partial charge >= 0.3 is 0 Å². The molecular formula is C19H17N. The monoisotopic (exact) mass is 259 g/mol. The van der Waals surface area contributed by atoms with Crippen molar-refractivity contribution in [2.24, 2.45) is 0 Å². The molecule has 0 bridgehead atoms. The third-order valence-electron chi connectivity index (χ3n) is 3.52. The molecule has 0 N–H and O–H groups in total. The van der Waals surface area contributed by atoms with E-state index in [1.54, 1.807) is 0 Å². The first kappa shape index (κ1) is 12.5. The molecule has 2 aromatic carbocycles. The minimum atomic E-state index is 0.907. The van der Waals surface area contributed by atoms with Gasteiger partial charge in [0.15, 0.2) is 0 Å². The molecule has 0 aliphatic carbocycles. The Kier molecular flexibility index (Phi) is 3.51. The van der Waals surface area contributed by atoms with E-state index < -0.39 is 0 Å². The van der Waals surface area contributed by atoms with Crippen molar-refractivity contribution in [3.63, 3.8) is 0 Å². The summed E-state index contributed by atoms with van der Waals surface area (Å²) in [6, 6.07) is 23.2. The molecule has 0 saturated carbocycles. The van der Waals surface area contributed by atoms with E-state index >= 15 is 0 Å². The van der Waals surface area contributed by atoms with Gasteiger partial charge in [-0.2, -0.15) is 0 Å². The summed E-state index contributed by atoms with van der Waals surface area (Å²) in [5, 5.41) is 0. The van der Waals surface area contributed by atoms with E-state index in [0.717, 1.165) is 6.42 Å². The number of nitrogens with zero attached hydrogens (tertiary/aromatic N) is 1. The molecule has 0 aliphatic heterocycles. The standard InChI is InChI=1S/C19H17N/c1-2-20-14-13-18(17-11-7-4-8-12-17)19(20)15-16-9-5-3-6-10-16/h2-14H,1,15H2. The van der Waals surface area contributed by atoms with Crippen LogP contribution in [0.15, 0.2) is 79.5 Å². The van der Waals surface area contributed by atoms with Crippen molar-refractivity contribution in [3.05, 3.63) is 90.8 Å². The lowest BCUT2D eigenvalue weighted by molar-refractivity contribution is 1.01. The van der Waals surface area contributed by atoms with E-state index in [1.165, 1.54) is 22.4 Å². The van der Waals surface area contributed by atoms with Crippen LogP contribution < -0.4 is 0 Å². The van der Waals surface area contributed by atoms with Crippen LogP contribution in [0.2, 0.25) is 0 Å². The quantitative estimate of drug-likeness (QED) is 0.631. The Hall–Kier alpha value is -2.54. The van der Waals surface area contributed by atoms with E-state index in [1.807, 2.05) is 18.3 Å². The molecule has 1 nitrogen and oxygen atoms in total. The van der Waals surface area contributed by atoms with Crippen molar-refractivity contribution in [2.75, 3.05) is 0 Å². The van der Waals surface area contributed by atoms with E-state index in [9.17, 15) is 0 Å². The van der Waals surface area contributed by atoms with E-state index in [0.29, 0.717) is 0 Å². The molecule has 98 valence electrons. The molecule has 1 aromatic heterocycles. The summed E-state index contributed by atoms with van der Waals surface area (Å²) < 4.78 is 2.11. The molecule has 3 rings (SSSR count). The van der Waals surface area contributed by atoms with Crippen LogP contribution in [0.5, 0.6) is 0 Å². The van der Waals surface area contributed by atoms with Crippen molar-refractivity contribution in [2.45, 2.75) is 6.42 Å². The van der Waals surface area contributed by atoms with Gasteiger partial charge in [0, 0.05) is 30.1 Å². The van der Waals surface area contributed by atoms with Crippen LogP contribution in [0.25, 0.3) is 17.3 Å². The largest absolute Gasteiger partial charge is 0.327 e. The zero-order valence-electron chi connectivity index (χ0n) is 11.4. The molecule has 0 atom stereocenters. The highest BCUT2D eigenvalue weighted by atomic mass is 14.9. The summed E-state index contributed by atoms with van der Waals surface area (Å²) in [7, 11) is 0. The molecule has 1 heteroatoms. The Morgan fingerprint density at radius 2 is 1.50 bits per heavy atom. The Bertz CT molecular complexity index is 693. The number of aromatic nitrogens is 1. The first-order valence-corrected chi connectivity index (χ1v) is 6.80. The van der Waals surface area contributed by atoms with Crippen LogP contribution in [-0.4, -0.2) is 4.57 Å². The topological polar surface area (TPSA) is 4.93 Å². The lowest BCUT2D eigenvalue weighted by Crippen LogP contribution is -1.97. The molecule has 0 aliphatic rings. The summed E-state index contributed by atoms with van der Waals surface area (Å²) in [6.45, 7) is 3.90. The van der Waals surface area contributed by atoms with Crippen LogP contribution in [0.1, 0.15) is 11.3 Å². The van der Waals surface area contributed by atoms with Crippen molar-refractivity contribution in [3.8, 4) is 11.1 Å². The molecule has 0 amide bonds. The molecule has 0 saturated heterocycles. The van der Waals surface area contributed by atoms with Crippen LogP contribution in [-0.2, 0) is 6.42 Å². The number of benzene rings is 2. The summed E-state index contributed by atoms with van der Waals surface area (Å²) in [5.41, 5.74) is 5.11. The van der Waals surface area contributed by atoms with Gasteiger partial charge in [-0.3, -0.25) is 0 Å². The fourth-order valence-electron chi connectivity index (χ4n) is 2.51. The van der Waals surface area contributed by atoms with Gasteiger partial charge in [-0.05, 0) is 17.2 Å². The van der Waals surface area contributed by atoms with Crippen LogP contribution in [0.3, 0.4) is 0 Å². The Labute approximate surface area is 119 Å². The van der Waals surface area contributed by atoms with Crippen LogP contribution >= 0.6 is 0 Å². The number of hydrogen-bond donors (Lipinski definition) is 0. The first-order valence-electron chi connectivity index (χ1n) is 6.80. The average molecular weight is 259 g/mol. The summed E-state index contributed by atoms with van der Waals surface area (Å²) in [5.74, 6) is 0. The maximum absolute atomic E-state index is 3.90. The molecule has 0 unspecified atom stereocenters. The Balaban J connectivity index is 2.05. The zero-order chi connectivity index (χ0) is 13.8. The van der Waals surface area contributed by atoms with Gasteiger partial charge in [-0.15, -0.1) is 0 Å². The highest BCUT2D eigenvalue weighted by molar-refractivity contribution is 5.68. The van der Waals surface area contributed by atoms with Gasteiger partial charge < -0.3 is 4.57 Å². The highest BCUT2D eigenvalue weighted by Crippen LogP contribution is 2.27. The third kappa shape index (κ3) is 2.43. The van der Waals surface area contributed by atoms with Gasteiger partial charge in [0.2, 0.25) is 0 Å². The molecule has 0 fully saturated rings. The fourth-order valence-corrected chi connectivity index (χ4v) is 2.51. The molecule has 3 aromatic rings. The maximum Gasteiger partial charge on any atom is 0.0342 e. The number of rotatable bonds is 4. The van der Waals surface area contributed by atoms with Gasteiger partial charge in [0.1, 0.15) is 0 Å². The van der Waals surface area contributed by atoms with Gasteiger partial charge in [-0.1, -0.05) is 67.2 Å². The maximum atomic E-state index is 3.90. The predicted octanol–water partition coefficient (Wildman–Crippen LogP) is 4.85. The van der Waals surface area contributed by atoms with Crippen LogP contribution in [0, 0.1) is 0 Å². The molecule has 1 heterocycles. The summed E-state index contributed by atoms with van der Waals surface area (Å²) in [6.07, 6.45) is 4.85. The zero-order valence-corrected chi connectivity index (χ0v) is 11.4. The second-order valence-electron chi connectivity index (χ2n) is 4.79. The van der Waals surface area contributed by atoms with Gasteiger partial charge in [0.05, 0.1) is 0 Å². The van der Waals surface area contributed by atoms with E-state index in [2.05, 4.69) is 71.9 Å². The normalized spacial score (nSPS) is 10.4. The first-order chi connectivity index (χ1) is 9.88. The Morgan fingerprint density at radius 1 is 0.850 bits per heavy atom. The van der Waals surface area contributed by atoms with E-state index in [4.69, 9.17) is 0 Å². The highest BCUT2D eigenvalue weighted by Gasteiger charge is 2.10. The lowest BCUT2D eigenvalue weighted by atomic mass is 10.0.